The van der Waals surface area contributed by atoms with Crippen LogP contribution in [0.4, 0.5) is 4.39 Å². The molecule has 0 atom stereocenters. The number of benzene rings is 2. The summed E-state index contributed by atoms with van der Waals surface area (Å²) in [6.45, 7) is 0.226. The molecule has 1 aliphatic carbocycles. The number of carbonyl (C=O) groups is 1. The number of hydrogen-bond acceptors (Lipinski definition) is 2. The van der Waals surface area contributed by atoms with Gasteiger partial charge in [0, 0.05) is 0 Å². The third-order valence-electron chi connectivity index (χ3n) is 4.37. The normalized spacial score (nSPS) is 15.5. The highest BCUT2D eigenvalue weighted by Gasteiger charge is 2.45. The molecule has 2 aromatic carbocycles. The third-order valence-corrected chi connectivity index (χ3v) is 4.37. The molecule has 1 fully saturated rings. The van der Waals surface area contributed by atoms with E-state index < -0.39 is 0 Å². The minimum atomic E-state index is -0.332. The van der Waals surface area contributed by atoms with E-state index >= 15 is 0 Å². The van der Waals surface area contributed by atoms with Crippen molar-refractivity contribution in [2.24, 2.45) is 0 Å². The average Bonchev–Trinajstić information content (AvgIpc) is 3.22. The van der Waals surface area contributed by atoms with E-state index in [1.165, 1.54) is 12.1 Å². The molecule has 0 radical (unpaired) electrons. The van der Waals surface area contributed by atoms with Crippen LogP contribution < -0.4 is 5.32 Å². The number of imidazole rings is 1. The zero-order valence-corrected chi connectivity index (χ0v) is 12.5. The summed E-state index contributed by atoms with van der Waals surface area (Å²) in [6.07, 6.45) is 3.45. The predicted octanol–water partition coefficient (Wildman–Crippen LogP) is 2.98. The van der Waals surface area contributed by atoms with Gasteiger partial charge < -0.3 is 9.88 Å². The Labute approximate surface area is 133 Å². The van der Waals surface area contributed by atoms with E-state index in [1.807, 2.05) is 28.8 Å². The third kappa shape index (κ3) is 2.59. The summed E-state index contributed by atoms with van der Waals surface area (Å²) < 4.78 is 14.9. The molecule has 0 unspecified atom stereocenters. The Hall–Kier alpha value is -2.69. The first-order chi connectivity index (χ1) is 11.2. The first-order valence-electron chi connectivity index (χ1n) is 7.63. The van der Waals surface area contributed by atoms with E-state index in [0.29, 0.717) is 0 Å². The topological polar surface area (TPSA) is 46.9 Å². The maximum Gasteiger partial charge on any atom is 0.240 e. The second-order valence-electron chi connectivity index (χ2n) is 6.00. The summed E-state index contributed by atoms with van der Waals surface area (Å²) in [5.74, 6) is -0.323. The molecule has 23 heavy (non-hydrogen) atoms. The lowest BCUT2D eigenvalue weighted by Crippen LogP contribution is -2.37. The molecular formula is C18H16FN3O. The molecule has 1 aliphatic rings. The molecule has 4 nitrogen and oxygen atoms in total. The van der Waals surface area contributed by atoms with E-state index in [2.05, 4.69) is 10.3 Å². The quantitative estimate of drug-likeness (QED) is 0.805. The summed E-state index contributed by atoms with van der Waals surface area (Å²) in [6, 6.07) is 14.1. The summed E-state index contributed by atoms with van der Waals surface area (Å²) in [4.78, 5) is 16.7. The SMILES string of the molecule is O=C(Cn1cnc2ccccc21)NC1(c2ccc(F)cc2)CC1. The van der Waals surface area contributed by atoms with Crippen LogP contribution >= 0.6 is 0 Å². The highest BCUT2D eigenvalue weighted by molar-refractivity contribution is 5.81. The van der Waals surface area contributed by atoms with Crippen molar-refractivity contribution in [3.63, 3.8) is 0 Å². The van der Waals surface area contributed by atoms with Gasteiger partial charge in [0.1, 0.15) is 12.4 Å². The van der Waals surface area contributed by atoms with Crippen LogP contribution in [0.5, 0.6) is 0 Å². The van der Waals surface area contributed by atoms with Crippen LogP contribution in [0.3, 0.4) is 0 Å². The Morgan fingerprint density at radius 2 is 1.91 bits per heavy atom. The van der Waals surface area contributed by atoms with Gasteiger partial charge in [-0.3, -0.25) is 4.79 Å². The van der Waals surface area contributed by atoms with Gasteiger partial charge >= 0.3 is 0 Å². The van der Waals surface area contributed by atoms with Crippen molar-refractivity contribution in [2.45, 2.75) is 24.9 Å². The fourth-order valence-electron chi connectivity index (χ4n) is 2.98. The number of hydrogen-bond donors (Lipinski definition) is 1. The molecule has 4 rings (SSSR count). The number of fused-ring (bicyclic) bond motifs is 1. The number of halogens is 1. The largest absolute Gasteiger partial charge is 0.345 e. The number of rotatable bonds is 4. The van der Waals surface area contributed by atoms with Crippen LogP contribution in [0.15, 0.2) is 54.9 Å². The minimum absolute atomic E-state index is 0.0602. The highest BCUT2D eigenvalue weighted by atomic mass is 19.1. The van der Waals surface area contributed by atoms with Gasteiger partial charge in [0.05, 0.1) is 22.9 Å². The lowest BCUT2D eigenvalue weighted by molar-refractivity contribution is -0.122. The van der Waals surface area contributed by atoms with Gasteiger partial charge in [-0.15, -0.1) is 0 Å². The van der Waals surface area contributed by atoms with Crippen LogP contribution in [0, 0.1) is 5.82 Å². The summed E-state index contributed by atoms with van der Waals surface area (Å²) in [5, 5.41) is 3.10. The van der Waals surface area contributed by atoms with Gasteiger partial charge in [0.25, 0.3) is 0 Å². The van der Waals surface area contributed by atoms with Gasteiger partial charge in [-0.2, -0.15) is 0 Å². The van der Waals surface area contributed by atoms with Crippen molar-refractivity contribution in [1.82, 2.24) is 14.9 Å². The smallest absolute Gasteiger partial charge is 0.240 e. The maximum absolute atomic E-state index is 13.1. The molecule has 0 aliphatic heterocycles. The Balaban J connectivity index is 1.51. The molecule has 1 saturated carbocycles. The Morgan fingerprint density at radius 3 is 2.65 bits per heavy atom. The summed E-state index contributed by atoms with van der Waals surface area (Å²) in [7, 11) is 0. The van der Waals surface area contributed by atoms with Crippen LogP contribution in [0.2, 0.25) is 0 Å². The molecule has 0 spiro atoms. The molecule has 1 heterocycles. The van der Waals surface area contributed by atoms with Gasteiger partial charge in [0.15, 0.2) is 0 Å². The Morgan fingerprint density at radius 1 is 1.17 bits per heavy atom. The zero-order valence-electron chi connectivity index (χ0n) is 12.5. The number of amides is 1. The van der Waals surface area contributed by atoms with Gasteiger partial charge in [0.2, 0.25) is 5.91 Å². The van der Waals surface area contributed by atoms with Crippen LogP contribution in [0.1, 0.15) is 18.4 Å². The van der Waals surface area contributed by atoms with E-state index in [9.17, 15) is 9.18 Å². The number of nitrogens with one attached hydrogen (secondary N) is 1. The summed E-state index contributed by atoms with van der Waals surface area (Å²) in [5.41, 5.74) is 2.44. The van der Waals surface area contributed by atoms with E-state index in [4.69, 9.17) is 0 Å². The average molecular weight is 309 g/mol. The predicted molar refractivity (Wildman–Crippen MR) is 85.2 cm³/mol. The fourth-order valence-corrected chi connectivity index (χ4v) is 2.98. The fraction of sp³-hybridized carbons (Fsp3) is 0.222. The lowest BCUT2D eigenvalue weighted by Gasteiger charge is -2.18. The van der Waals surface area contributed by atoms with Crippen molar-refractivity contribution in [3.8, 4) is 0 Å². The molecule has 116 valence electrons. The Kier molecular flexibility index (Phi) is 3.15. The first kappa shape index (κ1) is 13.9. The van der Waals surface area contributed by atoms with Crippen molar-refractivity contribution in [1.29, 1.82) is 0 Å². The van der Waals surface area contributed by atoms with E-state index in [0.717, 1.165) is 29.4 Å². The molecule has 3 aromatic rings. The molecule has 5 heteroatoms. The molecule has 1 N–H and O–H groups in total. The second kappa shape index (κ2) is 5.19. The lowest BCUT2D eigenvalue weighted by atomic mass is 10.0. The zero-order chi connectivity index (χ0) is 15.9. The standard InChI is InChI=1S/C18H16FN3O/c19-14-7-5-13(6-8-14)18(9-10-18)21-17(23)11-22-12-20-15-3-1-2-4-16(15)22/h1-8,12H,9-11H2,(H,21,23). The highest BCUT2D eigenvalue weighted by Crippen LogP contribution is 2.45. The van der Waals surface area contributed by atoms with Gasteiger partial charge in [-0.1, -0.05) is 24.3 Å². The minimum Gasteiger partial charge on any atom is -0.345 e. The van der Waals surface area contributed by atoms with E-state index in [-0.39, 0.29) is 23.8 Å². The van der Waals surface area contributed by atoms with Crippen LogP contribution in [-0.4, -0.2) is 15.5 Å². The number of carbonyl (C=O) groups excluding carboxylic acids is 1. The molecule has 1 amide bonds. The summed E-state index contributed by atoms with van der Waals surface area (Å²) >= 11 is 0. The van der Waals surface area contributed by atoms with Crippen molar-refractivity contribution in [2.75, 3.05) is 0 Å². The number of para-hydroxylation sites is 2. The Bertz CT molecular complexity index is 865. The second-order valence-corrected chi connectivity index (χ2v) is 6.00. The first-order valence-corrected chi connectivity index (χ1v) is 7.63. The number of nitrogens with zero attached hydrogens (tertiary/aromatic N) is 2. The van der Waals surface area contributed by atoms with Crippen molar-refractivity contribution >= 4 is 16.9 Å². The molecular weight excluding hydrogens is 293 g/mol. The van der Waals surface area contributed by atoms with Crippen LogP contribution in [-0.2, 0) is 16.9 Å². The van der Waals surface area contributed by atoms with Crippen LogP contribution in [0.25, 0.3) is 11.0 Å². The maximum atomic E-state index is 13.1. The van der Waals surface area contributed by atoms with Gasteiger partial charge in [-0.25, -0.2) is 9.37 Å². The molecule has 1 aromatic heterocycles. The molecule has 0 saturated heterocycles. The van der Waals surface area contributed by atoms with Gasteiger partial charge in [-0.05, 0) is 42.7 Å². The van der Waals surface area contributed by atoms with Crippen molar-refractivity contribution < 1.29 is 9.18 Å². The number of aromatic nitrogens is 2. The molecule has 0 bridgehead atoms. The monoisotopic (exact) mass is 309 g/mol. The van der Waals surface area contributed by atoms with Crippen molar-refractivity contribution in [3.05, 3.63) is 66.2 Å². The van der Waals surface area contributed by atoms with E-state index in [1.54, 1.807) is 18.5 Å².